The monoisotopic (exact) mass is 1280 g/mol. The molecule has 0 bridgehead atoms. The molecule has 0 amide bonds. The number of allylic oxidation sites excluding steroid dienone is 3. The predicted octanol–water partition coefficient (Wildman–Crippen LogP) is 22.2. The highest BCUT2D eigenvalue weighted by Crippen LogP contribution is 2.71. The van der Waals surface area contributed by atoms with Crippen LogP contribution in [0.25, 0.3) is 0 Å². The standard InChI is InChI=1S/C27H40F6O.C27H46O2.C27H46O/c1-16(9-14-25(4,26(28,29)30)27(31,32)33)20-7-8-21-19-6-5-17-15-18(34)10-12-23(17,2)22(19)11-13-24(20,21)3;1-18(17-28)6-5-7-19(2)23-10-11-24-22-9-8-20-16-21(29)12-14-26(20,3)25(22)13-15-27(23,24)4;1-18(11-14-25(2,3)4)22-9-10-23-21-8-7-19-17-20(28)12-15-26(19,5)24(21)13-16-27(22,23)6/h5,16,18-22,34H,6-15H2,1-4H3;8,18-19,21-25,28-29H,5-7,9-17H2,1-4H3;7,18,20-24,28H,8-17H2,1-6H3/t16?,18-,19?,20?,21?,22?,23?,24?;18?,19-,21+,22?,23-,24?,25?,26+,27-;18-,20+,21+,22-,23+,24+,26+,27-/m011/s1. The lowest BCUT2D eigenvalue weighted by molar-refractivity contribution is -0.337. The Labute approximate surface area is 550 Å². The molecule has 0 heterocycles. The van der Waals surface area contributed by atoms with Gasteiger partial charge in [0.25, 0.3) is 0 Å². The Kier molecular flexibility index (Phi) is 21.3. The first-order valence-corrected chi connectivity index (χ1v) is 38.3. The van der Waals surface area contributed by atoms with Crippen LogP contribution in [0.5, 0.6) is 0 Å². The minimum absolute atomic E-state index is 0.0245. The van der Waals surface area contributed by atoms with Crippen molar-refractivity contribution in [2.24, 2.45) is 138 Å². The predicted molar refractivity (Wildman–Crippen MR) is 359 cm³/mol. The molecule has 0 aromatic heterocycles. The minimum atomic E-state index is -5.31. The largest absolute Gasteiger partial charge is 0.402 e. The molecule has 0 radical (unpaired) electrons. The molecule has 0 aliphatic heterocycles. The first-order valence-electron chi connectivity index (χ1n) is 38.3. The summed E-state index contributed by atoms with van der Waals surface area (Å²) in [6.45, 7) is 32.1. The fraction of sp³-hybridized carbons (Fsp3) is 0.926. The number of hydrogen-bond acceptors (Lipinski definition) is 4. The number of hydrogen-bond donors (Lipinski definition) is 4. The van der Waals surface area contributed by atoms with Gasteiger partial charge in [-0.05, 0) is 326 Å². The molecule has 0 aromatic carbocycles. The van der Waals surface area contributed by atoms with E-state index in [1.807, 2.05) is 6.92 Å². The van der Waals surface area contributed by atoms with E-state index in [0.717, 1.165) is 136 Å². The number of alkyl halides is 6. The van der Waals surface area contributed by atoms with Crippen molar-refractivity contribution in [1.29, 1.82) is 0 Å². The van der Waals surface area contributed by atoms with Crippen LogP contribution in [0.2, 0.25) is 0 Å². The van der Waals surface area contributed by atoms with Crippen molar-refractivity contribution in [2.75, 3.05) is 6.61 Å². The molecular weight excluding hydrogens is 1150 g/mol. The van der Waals surface area contributed by atoms with Crippen LogP contribution < -0.4 is 0 Å². The lowest BCUT2D eigenvalue weighted by atomic mass is 9.47. The highest BCUT2D eigenvalue weighted by molar-refractivity contribution is 5.28. The van der Waals surface area contributed by atoms with E-state index in [0.29, 0.717) is 64.3 Å². The maximum absolute atomic E-state index is 13.4. The molecule has 12 aliphatic carbocycles. The maximum Gasteiger partial charge on any atom is 0.402 e. The molecule has 25 atom stereocenters. The molecule has 10 heteroatoms. The summed E-state index contributed by atoms with van der Waals surface area (Å²) in [5.41, 5.74) is 3.40. The average Bonchev–Trinajstić information content (AvgIpc) is 1.71. The van der Waals surface area contributed by atoms with Crippen molar-refractivity contribution in [3.8, 4) is 0 Å². The number of fused-ring (bicyclic) bond motifs is 15. The first kappa shape index (κ1) is 72.4. The Morgan fingerprint density at radius 2 is 0.736 bits per heavy atom. The third-order valence-electron chi connectivity index (χ3n) is 31.9. The van der Waals surface area contributed by atoms with Crippen LogP contribution in [0.1, 0.15) is 296 Å². The second-order valence-electron chi connectivity index (χ2n) is 37.8. The summed E-state index contributed by atoms with van der Waals surface area (Å²) < 4.78 is 80.5. The minimum Gasteiger partial charge on any atom is -0.396 e. The molecule has 0 aromatic rings. The van der Waals surface area contributed by atoms with Crippen molar-refractivity contribution >= 4 is 0 Å². The van der Waals surface area contributed by atoms with Crippen LogP contribution in [0.3, 0.4) is 0 Å². The van der Waals surface area contributed by atoms with Gasteiger partial charge in [0.1, 0.15) is 0 Å². The Balaban J connectivity index is 0.000000151. The Bertz CT molecular complexity index is 2570. The highest BCUT2D eigenvalue weighted by Gasteiger charge is 2.68. The summed E-state index contributed by atoms with van der Waals surface area (Å²) in [5, 5.41) is 39.9. The number of aliphatic hydroxyl groups is 4. The molecule has 4 nitrogen and oxygen atoms in total. The second kappa shape index (κ2) is 26.7. The van der Waals surface area contributed by atoms with Gasteiger partial charge in [0.05, 0.1) is 18.3 Å². The summed E-state index contributed by atoms with van der Waals surface area (Å²) >= 11 is 0. The van der Waals surface area contributed by atoms with Gasteiger partial charge in [0.15, 0.2) is 5.41 Å². The van der Waals surface area contributed by atoms with Crippen molar-refractivity contribution < 1.29 is 46.8 Å². The molecule has 9 fully saturated rings. The SMILES string of the molecule is CC(CCC(C)(C(F)(F)F)C(F)(F)F)C1CCC2C3CC=C4C[C@@H](O)CCC4(C)C3CCC12C.CC(CO)CCC[C@@H](C)[C@H]1CCC2C3CC=C4C[C@@H](O)CC[C@]4(C)C3CC[C@@]21C.C[C@H](CCC(C)(C)C)[C@H]1CC[C@H]2[C@@H]3CC=C4C[C@@H](O)CC[C@]4(C)[C@H]3CC[C@]12C. The van der Waals surface area contributed by atoms with Crippen LogP contribution in [-0.2, 0) is 0 Å². The first-order chi connectivity index (χ1) is 42.4. The Morgan fingerprint density at radius 1 is 0.418 bits per heavy atom. The Hall–Kier alpha value is -1.36. The van der Waals surface area contributed by atoms with Crippen LogP contribution in [0.15, 0.2) is 34.9 Å². The highest BCUT2D eigenvalue weighted by atomic mass is 19.4. The topological polar surface area (TPSA) is 80.9 Å². The molecule has 0 spiro atoms. The van der Waals surface area contributed by atoms with Crippen molar-refractivity contribution in [3.05, 3.63) is 34.9 Å². The van der Waals surface area contributed by atoms with Gasteiger partial charge in [-0.15, -0.1) is 0 Å². The fourth-order valence-corrected chi connectivity index (χ4v) is 26.0. The normalized spacial score (nSPS) is 44.8. The van der Waals surface area contributed by atoms with Crippen molar-refractivity contribution in [3.63, 3.8) is 0 Å². The average molecular weight is 1280 g/mol. The maximum atomic E-state index is 13.4. The molecule has 522 valence electrons. The molecule has 12 aliphatic rings. The van der Waals surface area contributed by atoms with E-state index in [-0.39, 0.29) is 47.4 Å². The van der Waals surface area contributed by atoms with Gasteiger partial charge in [-0.25, -0.2) is 0 Å². The zero-order valence-corrected chi connectivity index (χ0v) is 59.9. The molecule has 91 heavy (non-hydrogen) atoms. The lowest BCUT2D eigenvalue weighted by Gasteiger charge is -2.58. The molecule has 4 N–H and O–H groups in total. The Morgan fingerprint density at radius 3 is 1.04 bits per heavy atom. The van der Waals surface area contributed by atoms with Crippen LogP contribution >= 0.6 is 0 Å². The molecule has 11 unspecified atom stereocenters. The van der Waals surface area contributed by atoms with Crippen LogP contribution in [-0.4, -0.2) is 57.7 Å². The van der Waals surface area contributed by atoms with Gasteiger partial charge < -0.3 is 20.4 Å². The zero-order chi connectivity index (χ0) is 66.5. The summed E-state index contributed by atoms with van der Waals surface area (Å²) in [6.07, 6.45) is 30.1. The van der Waals surface area contributed by atoms with E-state index in [4.69, 9.17) is 0 Å². The van der Waals surface area contributed by atoms with Gasteiger partial charge in [-0.3, -0.25) is 0 Å². The summed E-state index contributed by atoms with van der Waals surface area (Å²) in [6, 6.07) is 0. The van der Waals surface area contributed by atoms with E-state index in [2.05, 4.69) is 101 Å². The van der Waals surface area contributed by atoms with Gasteiger partial charge in [-0.1, -0.05) is 138 Å². The van der Waals surface area contributed by atoms with Gasteiger partial charge >= 0.3 is 12.4 Å². The molecule has 0 saturated heterocycles. The lowest BCUT2D eigenvalue weighted by Crippen LogP contribution is -2.51. The molecule has 12 rings (SSSR count). The third kappa shape index (κ3) is 13.4. The van der Waals surface area contributed by atoms with Gasteiger partial charge in [-0.2, -0.15) is 26.3 Å². The van der Waals surface area contributed by atoms with Crippen molar-refractivity contribution in [1.82, 2.24) is 0 Å². The summed E-state index contributed by atoms with van der Waals surface area (Å²) in [7, 11) is 0. The van der Waals surface area contributed by atoms with Crippen molar-refractivity contribution in [2.45, 2.75) is 327 Å². The summed E-state index contributed by atoms with van der Waals surface area (Å²) in [5.74, 6) is 10.9. The van der Waals surface area contributed by atoms with Crippen LogP contribution in [0, 0.1) is 138 Å². The van der Waals surface area contributed by atoms with E-state index in [1.165, 1.54) is 115 Å². The quantitative estimate of drug-likeness (QED) is 0.109. The van der Waals surface area contributed by atoms with E-state index in [1.54, 1.807) is 11.1 Å². The zero-order valence-electron chi connectivity index (χ0n) is 59.9. The molecule has 9 saturated carbocycles. The van der Waals surface area contributed by atoms with Gasteiger partial charge in [0.2, 0.25) is 0 Å². The number of aliphatic hydroxyl groups excluding tert-OH is 4. The summed E-state index contributed by atoms with van der Waals surface area (Å²) in [4.78, 5) is 0. The van der Waals surface area contributed by atoms with Gasteiger partial charge in [0, 0.05) is 6.61 Å². The van der Waals surface area contributed by atoms with Crippen LogP contribution in [0.4, 0.5) is 26.3 Å². The number of rotatable bonds is 13. The number of halogens is 6. The second-order valence-corrected chi connectivity index (χ2v) is 37.8. The van der Waals surface area contributed by atoms with E-state index in [9.17, 15) is 46.8 Å². The van der Waals surface area contributed by atoms with E-state index < -0.39 is 24.2 Å². The molecular formula is C81H132F6O4. The smallest absolute Gasteiger partial charge is 0.396 e. The van der Waals surface area contributed by atoms with E-state index >= 15 is 0 Å². The fourth-order valence-electron chi connectivity index (χ4n) is 26.0. The third-order valence-corrected chi connectivity index (χ3v) is 31.9.